The lowest BCUT2D eigenvalue weighted by atomic mass is 9.94. The standard InChI is InChI=1S/C32H63N/c1-33(32-29-25-21-17-13-9-5-6-10-14-18-22-26-30-32)31-27-23-19-15-11-7-3-2-4-8-12-16-20-24-28-31/h31-32H,2-30H2,1H3. The number of hydrogen-bond acceptors (Lipinski definition) is 1. The van der Waals surface area contributed by atoms with Gasteiger partial charge in [-0.25, -0.2) is 0 Å². The van der Waals surface area contributed by atoms with Gasteiger partial charge in [0.2, 0.25) is 0 Å². The second-order valence-electron chi connectivity index (χ2n) is 12.0. The fourth-order valence-corrected chi connectivity index (χ4v) is 6.63. The van der Waals surface area contributed by atoms with Crippen LogP contribution in [0.15, 0.2) is 0 Å². The van der Waals surface area contributed by atoms with Gasteiger partial charge in [0.05, 0.1) is 0 Å². The van der Waals surface area contributed by atoms with Crippen LogP contribution in [0.3, 0.4) is 0 Å². The van der Waals surface area contributed by atoms with Gasteiger partial charge < -0.3 is 4.90 Å². The van der Waals surface area contributed by atoms with Gasteiger partial charge in [0.1, 0.15) is 0 Å². The zero-order valence-corrected chi connectivity index (χ0v) is 23.1. The van der Waals surface area contributed by atoms with Crippen molar-refractivity contribution in [3.05, 3.63) is 0 Å². The Morgan fingerprint density at radius 3 is 0.606 bits per heavy atom. The third kappa shape index (κ3) is 15.5. The minimum Gasteiger partial charge on any atom is -0.300 e. The summed E-state index contributed by atoms with van der Waals surface area (Å²) in [6.07, 6.45) is 43.0. The highest BCUT2D eigenvalue weighted by atomic mass is 15.2. The Bertz CT molecular complexity index is 373. The minimum absolute atomic E-state index is 0.852. The SMILES string of the molecule is CN(C1CCCCCCCCCCCCCCC1)C1CCCCCCCCCCCCCC1. The molecule has 0 atom stereocenters. The van der Waals surface area contributed by atoms with Crippen LogP contribution in [0, 0.1) is 0 Å². The van der Waals surface area contributed by atoms with Gasteiger partial charge in [-0.3, -0.25) is 0 Å². The van der Waals surface area contributed by atoms with Gasteiger partial charge in [0.25, 0.3) is 0 Å². The molecule has 0 saturated heterocycles. The first-order chi connectivity index (χ1) is 16.4. The van der Waals surface area contributed by atoms with E-state index >= 15 is 0 Å². The van der Waals surface area contributed by atoms with E-state index in [0.717, 1.165) is 12.1 Å². The third-order valence-electron chi connectivity index (χ3n) is 9.05. The molecule has 0 bridgehead atoms. The van der Waals surface area contributed by atoms with Gasteiger partial charge in [-0.1, -0.05) is 161 Å². The predicted octanol–water partition coefficient (Wildman–Crippen LogP) is 11.0. The van der Waals surface area contributed by atoms with Crippen LogP contribution >= 0.6 is 0 Å². The van der Waals surface area contributed by atoms with E-state index in [1.54, 1.807) is 0 Å². The zero-order valence-electron chi connectivity index (χ0n) is 23.1. The Morgan fingerprint density at radius 2 is 0.424 bits per heavy atom. The molecule has 2 rings (SSSR count). The molecule has 0 radical (unpaired) electrons. The Balaban J connectivity index is 1.85. The normalized spacial score (nSPS) is 25.3. The summed E-state index contributed by atoms with van der Waals surface area (Å²) in [5.74, 6) is 0. The first-order valence-corrected chi connectivity index (χ1v) is 16.1. The lowest BCUT2D eigenvalue weighted by Crippen LogP contribution is -2.40. The summed E-state index contributed by atoms with van der Waals surface area (Å²) in [5.41, 5.74) is 0. The van der Waals surface area contributed by atoms with Gasteiger partial charge in [0, 0.05) is 12.1 Å². The molecule has 2 aliphatic carbocycles. The molecule has 2 saturated carbocycles. The van der Waals surface area contributed by atoms with Crippen molar-refractivity contribution in [3.8, 4) is 0 Å². The molecular formula is C32H63N. The zero-order chi connectivity index (χ0) is 23.2. The molecule has 0 aromatic heterocycles. The molecule has 0 aliphatic heterocycles. The quantitative estimate of drug-likeness (QED) is 0.395. The van der Waals surface area contributed by atoms with Crippen molar-refractivity contribution < 1.29 is 0 Å². The Hall–Kier alpha value is -0.0400. The van der Waals surface area contributed by atoms with E-state index in [0.29, 0.717) is 0 Å². The molecule has 0 amide bonds. The largest absolute Gasteiger partial charge is 0.300 e. The third-order valence-corrected chi connectivity index (χ3v) is 9.05. The van der Waals surface area contributed by atoms with E-state index < -0.39 is 0 Å². The maximum atomic E-state index is 2.92. The first-order valence-electron chi connectivity index (χ1n) is 16.1. The number of nitrogens with zero attached hydrogens (tertiary/aromatic N) is 1. The maximum Gasteiger partial charge on any atom is 0.00951 e. The molecular weight excluding hydrogens is 398 g/mol. The summed E-state index contributed by atoms with van der Waals surface area (Å²) in [7, 11) is 2.53. The highest BCUT2D eigenvalue weighted by molar-refractivity contribution is 4.78. The summed E-state index contributed by atoms with van der Waals surface area (Å²) in [5, 5.41) is 0. The van der Waals surface area contributed by atoms with E-state index in [-0.39, 0.29) is 0 Å². The summed E-state index contributed by atoms with van der Waals surface area (Å²) >= 11 is 0. The molecule has 2 fully saturated rings. The Morgan fingerprint density at radius 1 is 0.273 bits per heavy atom. The molecule has 0 N–H and O–H groups in total. The van der Waals surface area contributed by atoms with E-state index in [1.807, 2.05) is 0 Å². The van der Waals surface area contributed by atoms with Gasteiger partial charge in [-0.2, -0.15) is 0 Å². The Kier molecular flexibility index (Phi) is 18.8. The van der Waals surface area contributed by atoms with Crippen LogP contribution in [0.1, 0.15) is 186 Å². The van der Waals surface area contributed by atoms with Crippen molar-refractivity contribution in [1.29, 1.82) is 0 Å². The van der Waals surface area contributed by atoms with Crippen LogP contribution < -0.4 is 0 Å². The van der Waals surface area contributed by atoms with Crippen molar-refractivity contribution >= 4 is 0 Å². The van der Waals surface area contributed by atoms with Crippen LogP contribution in [-0.2, 0) is 0 Å². The molecule has 0 spiro atoms. The monoisotopic (exact) mass is 461 g/mol. The van der Waals surface area contributed by atoms with Crippen LogP contribution in [0.5, 0.6) is 0 Å². The second kappa shape index (κ2) is 21.3. The lowest BCUT2D eigenvalue weighted by Gasteiger charge is -2.36. The van der Waals surface area contributed by atoms with Crippen LogP contribution in [0.4, 0.5) is 0 Å². The maximum absolute atomic E-state index is 2.92. The molecule has 0 aromatic carbocycles. The highest BCUT2D eigenvalue weighted by Gasteiger charge is 2.22. The van der Waals surface area contributed by atoms with Crippen molar-refractivity contribution in [2.75, 3.05) is 7.05 Å². The topological polar surface area (TPSA) is 3.24 Å². The van der Waals surface area contributed by atoms with Crippen LogP contribution in [-0.4, -0.2) is 24.0 Å². The molecule has 1 nitrogen and oxygen atoms in total. The highest BCUT2D eigenvalue weighted by Crippen LogP contribution is 2.25. The second-order valence-corrected chi connectivity index (χ2v) is 12.0. The summed E-state index contributed by atoms with van der Waals surface area (Å²) in [4.78, 5) is 2.92. The van der Waals surface area contributed by atoms with Gasteiger partial charge in [0.15, 0.2) is 0 Å². The van der Waals surface area contributed by atoms with E-state index in [1.165, 1.54) is 186 Å². The van der Waals surface area contributed by atoms with Crippen molar-refractivity contribution in [3.63, 3.8) is 0 Å². The lowest BCUT2D eigenvalue weighted by molar-refractivity contribution is 0.131. The van der Waals surface area contributed by atoms with Crippen molar-refractivity contribution in [2.24, 2.45) is 0 Å². The first kappa shape index (κ1) is 29.2. The fraction of sp³-hybridized carbons (Fsp3) is 1.00. The molecule has 0 heterocycles. The molecule has 196 valence electrons. The molecule has 0 unspecified atom stereocenters. The fourth-order valence-electron chi connectivity index (χ4n) is 6.63. The molecule has 1 heteroatoms. The van der Waals surface area contributed by atoms with Crippen LogP contribution in [0.2, 0.25) is 0 Å². The van der Waals surface area contributed by atoms with E-state index in [4.69, 9.17) is 0 Å². The smallest absolute Gasteiger partial charge is 0.00951 e. The van der Waals surface area contributed by atoms with Gasteiger partial charge in [-0.05, 0) is 32.7 Å². The minimum atomic E-state index is 0.852. The van der Waals surface area contributed by atoms with E-state index in [9.17, 15) is 0 Å². The predicted molar refractivity (Wildman–Crippen MR) is 149 cm³/mol. The average Bonchev–Trinajstić information content (AvgIpc) is 2.83. The Labute approximate surface area is 210 Å². The molecule has 2 aliphatic rings. The number of rotatable bonds is 2. The summed E-state index contributed by atoms with van der Waals surface area (Å²) in [6, 6.07) is 1.70. The molecule has 33 heavy (non-hydrogen) atoms. The number of hydrogen-bond donors (Lipinski definition) is 0. The van der Waals surface area contributed by atoms with Crippen molar-refractivity contribution in [2.45, 2.75) is 198 Å². The van der Waals surface area contributed by atoms with Crippen LogP contribution in [0.25, 0.3) is 0 Å². The summed E-state index contributed by atoms with van der Waals surface area (Å²) < 4.78 is 0. The van der Waals surface area contributed by atoms with Gasteiger partial charge in [-0.15, -0.1) is 0 Å². The van der Waals surface area contributed by atoms with Crippen molar-refractivity contribution in [1.82, 2.24) is 4.90 Å². The average molecular weight is 462 g/mol. The summed E-state index contributed by atoms with van der Waals surface area (Å²) in [6.45, 7) is 0. The molecule has 0 aromatic rings. The van der Waals surface area contributed by atoms with Gasteiger partial charge >= 0.3 is 0 Å². The van der Waals surface area contributed by atoms with E-state index in [2.05, 4.69) is 11.9 Å².